The quantitative estimate of drug-likeness (QED) is 0.566. The van der Waals surface area contributed by atoms with E-state index in [4.69, 9.17) is 5.11 Å². The van der Waals surface area contributed by atoms with Gasteiger partial charge in [0.05, 0.1) is 0 Å². The fourth-order valence-electron chi connectivity index (χ4n) is 1.42. The minimum absolute atomic E-state index is 0.198. The molecular weight excluding hydrogens is 202 g/mol. The summed E-state index contributed by atoms with van der Waals surface area (Å²) in [7, 11) is 0. The molecule has 16 heavy (non-hydrogen) atoms. The Morgan fingerprint density at radius 2 is 2.25 bits per heavy atom. The van der Waals surface area contributed by atoms with Crippen molar-refractivity contribution >= 4 is 5.97 Å². The third kappa shape index (κ3) is 4.28. The van der Waals surface area contributed by atoms with E-state index < -0.39 is 5.97 Å². The van der Waals surface area contributed by atoms with Crippen molar-refractivity contribution < 1.29 is 9.90 Å². The van der Waals surface area contributed by atoms with Crippen LogP contribution in [0.3, 0.4) is 0 Å². The molecule has 2 N–H and O–H groups in total. The second-order valence-electron chi connectivity index (χ2n) is 3.82. The molecule has 0 aliphatic carbocycles. The van der Waals surface area contributed by atoms with Crippen LogP contribution in [0.1, 0.15) is 11.1 Å². The van der Waals surface area contributed by atoms with Crippen LogP contribution in [0.25, 0.3) is 0 Å². The zero-order valence-corrected chi connectivity index (χ0v) is 9.49. The summed E-state index contributed by atoms with van der Waals surface area (Å²) in [6, 6.07) is 8.29. The number of aliphatic carboxylic acids is 1. The summed E-state index contributed by atoms with van der Waals surface area (Å²) in [5.74, 6) is -0.942. The maximum Gasteiger partial charge on any atom is 0.332 e. The molecule has 1 rings (SSSR count). The normalized spacial score (nSPS) is 10.1. The van der Waals surface area contributed by atoms with Crippen LogP contribution in [-0.4, -0.2) is 24.2 Å². The number of hydrogen-bond acceptors (Lipinski definition) is 2. The highest BCUT2D eigenvalue weighted by Gasteiger charge is 2.02. The zero-order chi connectivity index (χ0) is 12.0. The number of hydrogen-bond donors (Lipinski definition) is 2. The highest BCUT2D eigenvalue weighted by atomic mass is 16.4. The molecule has 1 aromatic carbocycles. The summed E-state index contributed by atoms with van der Waals surface area (Å²) >= 11 is 0. The van der Waals surface area contributed by atoms with Gasteiger partial charge in [-0.15, -0.1) is 0 Å². The lowest BCUT2D eigenvalue weighted by molar-refractivity contribution is -0.132. The topological polar surface area (TPSA) is 49.3 Å². The van der Waals surface area contributed by atoms with E-state index in [2.05, 4.69) is 37.0 Å². The zero-order valence-electron chi connectivity index (χ0n) is 9.49. The van der Waals surface area contributed by atoms with Crippen molar-refractivity contribution in [2.75, 3.05) is 13.1 Å². The van der Waals surface area contributed by atoms with Crippen molar-refractivity contribution in [1.82, 2.24) is 5.32 Å². The van der Waals surface area contributed by atoms with Crippen LogP contribution in [0.2, 0.25) is 0 Å². The maximum absolute atomic E-state index is 10.5. The van der Waals surface area contributed by atoms with Gasteiger partial charge in [0.15, 0.2) is 0 Å². The van der Waals surface area contributed by atoms with Gasteiger partial charge in [-0.1, -0.05) is 36.4 Å². The van der Waals surface area contributed by atoms with Gasteiger partial charge in [0, 0.05) is 12.1 Å². The third-order valence-electron chi connectivity index (χ3n) is 2.31. The minimum Gasteiger partial charge on any atom is -0.478 e. The van der Waals surface area contributed by atoms with E-state index in [-0.39, 0.29) is 5.57 Å². The molecule has 1 aromatic rings. The van der Waals surface area contributed by atoms with Crippen LogP contribution in [0.15, 0.2) is 36.4 Å². The molecule has 0 aromatic heterocycles. The summed E-state index contributed by atoms with van der Waals surface area (Å²) in [5, 5.41) is 11.6. The predicted octanol–water partition coefficient (Wildman–Crippen LogP) is 1.77. The molecule has 0 aliphatic heterocycles. The lowest BCUT2D eigenvalue weighted by Crippen LogP contribution is -2.22. The highest BCUT2D eigenvalue weighted by Crippen LogP contribution is 2.03. The van der Waals surface area contributed by atoms with Gasteiger partial charge in [0.25, 0.3) is 0 Å². The number of aryl methyl sites for hydroxylation is 1. The number of benzene rings is 1. The Hall–Kier alpha value is -1.61. The maximum atomic E-state index is 10.5. The molecule has 0 saturated carbocycles. The number of carboxylic acid groups (broad SMARTS) is 1. The van der Waals surface area contributed by atoms with E-state index in [1.54, 1.807) is 0 Å². The average Bonchev–Trinajstić information content (AvgIpc) is 2.24. The monoisotopic (exact) mass is 219 g/mol. The summed E-state index contributed by atoms with van der Waals surface area (Å²) < 4.78 is 0. The van der Waals surface area contributed by atoms with Crippen molar-refractivity contribution in [3.05, 3.63) is 47.5 Å². The largest absolute Gasteiger partial charge is 0.478 e. The fraction of sp³-hybridized carbons (Fsp3) is 0.308. The lowest BCUT2D eigenvalue weighted by Gasteiger charge is -2.05. The predicted molar refractivity (Wildman–Crippen MR) is 64.5 cm³/mol. The molecule has 0 heterocycles. The molecule has 0 unspecified atom stereocenters. The Morgan fingerprint density at radius 1 is 1.50 bits per heavy atom. The Kier molecular flexibility index (Phi) is 4.73. The van der Waals surface area contributed by atoms with Crippen LogP contribution in [0.4, 0.5) is 0 Å². The summed E-state index contributed by atoms with van der Waals surface area (Å²) in [6.45, 7) is 6.60. The molecule has 3 heteroatoms. The number of carbonyl (C=O) groups is 1. The molecule has 0 aliphatic rings. The van der Waals surface area contributed by atoms with Gasteiger partial charge < -0.3 is 10.4 Å². The number of rotatable bonds is 6. The van der Waals surface area contributed by atoms with Crippen molar-refractivity contribution in [1.29, 1.82) is 0 Å². The van der Waals surface area contributed by atoms with Crippen LogP contribution in [-0.2, 0) is 11.2 Å². The summed E-state index contributed by atoms with van der Waals surface area (Å²) in [4.78, 5) is 10.5. The van der Waals surface area contributed by atoms with Gasteiger partial charge in [-0.25, -0.2) is 4.79 Å². The molecule has 86 valence electrons. The van der Waals surface area contributed by atoms with Crippen molar-refractivity contribution in [2.45, 2.75) is 13.3 Å². The van der Waals surface area contributed by atoms with E-state index in [1.807, 2.05) is 6.07 Å². The van der Waals surface area contributed by atoms with Gasteiger partial charge in [-0.05, 0) is 25.5 Å². The molecule has 0 saturated heterocycles. The Balaban J connectivity index is 2.26. The Morgan fingerprint density at radius 3 is 2.88 bits per heavy atom. The molecule has 0 atom stereocenters. The molecule has 0 radical (unpaired) electrons. The van der Waals surface area contributed by atoms with E-state index in [9.17, 15) is 4.79 Å². The standard InChI is InChI=1S/C13H17NO2/c1-10-4-3-5-12(8-10)6-7-14-9-11(2)13(15)16/h3-5,8,14H,2,6-7,9H2,1H3,(H,15,16). The van der Waals surface area contributed by atoms with Crippen molar-refractivity contribution in [2.24, 2.45) is 0 Å². The lowest BCUT2D eigenvalue weighted by atomic mass is 10.1. The first-order valence-electron chi connectivity index (χ1n) is 5.27. The summed E-state index contributed by atoms with van der Waals surface area (Å²) in [6.07, 6.45) is 0.897. The first-order chi connectivity index (χ1) is 7.59. The fourth-order valence-corrected chi connectivity index (χ4v) is 1.42. The Bertz CT molecular complexity index is 385. The first kappa shape index (κ1) is 12.5. The van der Waals surface area contributed by atoms with Gasteiger partial charge in [-0.2, -0.15) is 0 Å². The van der Waals surface area contributed by atoms with Crippen LogP contribution in [0.5, 0.6) is 0 Å². The molecule has 0 amide bonds. The van der Waals surface area contributed by atoms with Crippen molar-refractivity contribution in [3.63, 3.8) is 0 Å². The second-order valence-corrected chi connectivity index (χ2v) is 3.82. The molecule has 0 bridgehead atoms. The van der Waals surface area contributed by atoms with Crippen LogP contribution < -0.4 is 5.32 Å². The van der Waals surface area contributed by atoms with Gasteiger partial charge in [-0.3, -0.25) is 0 Å². The summed E-state index contributed by atoms with van der Waals surface area (Å²) in [5.41, 5.74) is 2.70. The first-order valence-corrected chi connectivity index (χ1v) is 5.27. The molecule has 0 fully saturated rings. The number of nitrogens with one attached hydrogen (secondary N) is 1. The SMILES string of the molecule is C=C(CNCCc1cccc(C)c1)C(=O)O. The smallest absolute Gasteiger partial charge is 0.332 e. The Labute approximate surface area is 95.8 Å². The second kappa shape index (κ2) is 6.08. The third-order valence-corrected chi connectivity index (χ3v) is 2.31. The average molecular weight is 219 g/mol. The van der Waals surface area contributed by atoms with Crippen LogP contribution in [0, 0.1) is 6.92 Å². The molecule has 3 nitrogen and oxygen atoms in total. The van der Waals surface area contributed by atoms with Gasteiger partial charge >= 0.3 is 5.97 Å². The van der Waals surface area contributed by atoms with Crippen molar-refractivity contribution in [3.8, 4) is 0 Å². The van der Waals surface area contributed by atoms with E-state index in [0.717, 1.165) is 13.0 Å². The van der Waals surface area contributed by atoms with E-state index in [0.29, 0.717) is 6.54 Å². The highest BCUT2D eigenvalue weighted by molar-refractivity contribution is 5.86. The van der Waals surface area contributed by atoms with Gasteiger partial charge in [0.1, 0.15) is 0 Å². The van der Waals surface area contributed by atoms with Gasteiger partial charge in [0.2, 0.25) is 0 Å². The van der Waals surface area contributed by atoms with E-state index in [1.165, 1.54) is 11.1 Å². The minimum atomic E-state index is -0.942. The molecular formula is C13H17NO2. The van der Waals surface area contributed by atoms with E-state index >= 15 is 0 Å². The number of carboxylic acids is 1. The molecule has 0 spiro atoms. The van der Waals surface area contributed by atoms with Crippen LogP contribution >= 0.6 is 0 Å².